The molecule has 0 aliphatic carbocycles. The van der Waals surface area contributed by atoms with Crippen molar-refractivity contribution in [3.8, 4) is 0 Å². The van der Waals surface area contributed by atoms with Crippen LogP contribution in [0, 0.1) is 5.92 Å². The van der Waals surface area contributed by atoms with Crippen molar-refractivity contribution in [3.05, 3.63) is 23.8 Å². The lowest BCUT2D eigenvalue weighted by molar-refractivity contribution is -0.137. The number of nitrogens with two attached hydrogens (primary N) is 1. The molecule has 0 radical (unpaired) electrons. The summed E-state index contributed by atoms with van der Waals surface area (Å²) in [4.78, 5) is 13.2. The van der Waals surface area contributed by atoms with E-state index in [0.29, 0.717) is 18.3 Å². The molecule has 7 heteroatoms. The SMILES string of the molecule is Nc1ccc(C(F)(F)F)cc1N1CC(CBr)CC1=O. The van der Waals surface area contributed by atoms with Crippen LogP contribution in [0.4, 0.5) is 24.5 Å². The molecule has 0 aromatic heterocycles. The molecule has 1 aliphatic rings. The van der Waals surface area contributed by atoms with Gasteiger partial charge in [-0.05, 0) is 24.1 Å². The van der Waals surface area contributed by atoms with Crippen LogP contribution in [0.3, 0.4) is 0 Å². The summed E-state index contributed by atoms with van der Waals surface area (Å²) in [5, 5.41) is 0.633. The van der Waals surface area contributed by atoms with Gasteiger partial charge in [0, 0.05) is 18.3 Å². The normalized spacial score (nSPS) is 20.1. The lowest BCUT2D eigenvalue weighted by Crippen LogP contribution is -2.26. The van der Waals surface area contributed by atoms with E-state index in [1.807, 2.05) is 0 Å². The number of rotatable bonds is 2. The molecule has 1 amide bonds. The number of hydrogen-bond donors (Lipinski definition) is 1. The van der Waals surface area contributed by atoms with Crippen molar-refractivity contribution in [1.82, 2.24) is 0 Å². The maximum atomic E-state index is 12.7. The van der Waals surface area contributed by atoms with Crippen molar-refractivity contribution < 1.29 is 18.0 Å². The zero-order valence-corrected chi connectivity index (χ0v) is 11.5. The molecule has 1 unspecified atom stereocenters. The molecule has 2 N–H and O–H groups in total. The summed E-state index contributed by atoms with van der Waals surface area (Å²) in [7, 11) is 0. The van der Waals surface area contributed by atoms with Gasteiger partial charge in [-0.15, -0.1) is 0 Å². The Morgan fingerprint density at radius 2 is 2.11 bits per heavy atom. The Balaban J connectivity index is 2.37. The monoisotopic (exact) mass is 336 g/mol. The van der Waals surface area contributed by atoms with Crippen LogP contribution in [-0.2, 0) is 11.0 Å². The second kappa shape index (κ2) is 5.03. The molecule has 1 atom stereocenters. The van der Waals surface area contributed by atoms with Crippen LogP contribution in [0.5, 0.6) is 0 Å². The largest absolute Gasteiger partial charge is 0.416 e. The van der Waals surface area contributed by atoms with Crippen LogP contribution in [0.2, 0.25) is 0 Å². The van der Waals surface area contributed by atoms with Crippen LogP contribution in [-0.4, -0.2) is 17.8 Å². The van der Waals surface area contributed by atoms with Crippen molar-refractivity contribution in [2.75, 3.05) is 22.5 Å². The Labute approximate surface area is 116 Å². The Morgan fingerprint density at radius 1 is 1.42 bits per heavy atom. The Morgan fingerprint density at radius 3 is 2.63 bits per heavy atom. The molecule has 0 spiro atoms. The standard InChI is InChI=1S/C12H12BrF3N2O/c13-5-7-3-11(19)18(6-7)10-4-8(12(14,15)16)1-2-9(10)17/h1-2,4,7H,3,5-6,17H2. The summed E-state index contributed by atoms with van der Waals surface area (Å²) < 4.78 is 38.0. The van der Waals surface area contributed by atoms with E-state index in [1.165, 1.54) is 11.0 Å². The summed E-state index contributed by atoms with van der Waals surface area (Å²) >= 11 is 3.28. The number of nitrogen functional groups attached to an aromatic ring is 1. The van der Waals surface area contributed by atoms with Crippen LogP contribution in [0.25, 0.3) is 0 Å². The third-order valence-electron chi connectivity index (χ3n) is 3.07. The predicted octanol–water partition coefficient (Wildman–Crippen LogP) is 3.04. The van der Waals surface area contributed by atoms with Gasteiger partial charge >= 0.3 is 6.18 Å². The lowest BCUT2D eigenvalue weighted by atomic mass is 10.1. The van der Waals surface area contributed by atoms with Crippen LogP contribution in [0.15, 0.2) is 18.2 Å². The first-order valence-electron chi connectivity index (χ1n) is 5.66. The molecular weight excluding hydrogens is 325 g/mol. The maximum absolute atomic E-state index is 12.7. The maximum Gasteiger partial charge on any atom is 0.416 e. The molecule has 1 saturated heterocycles. The van der Waals surface area contributed by atoms with E-state index in [1.54, 1.807) is 0 Å². The topological polar surface area (TPSA) is 46.3 Å². The van der Waals surface area contributed by atoms with E-state index < -0.39 is 11.7 Å². The molecule has 3 nitrogen and oxygen atoms in total. The van der Waals surface area contributed by atoms with E-state index in [-0.39, 0.29) is 23.2 Å². The number of alkyl halides is 4. The minimum Gasteiger partial charge on any atom is -0.397 e. The third kappa shape index (κ3) is 2.86. The highest BCUT2D eigenvalue weighted by Crippen LogP contribution is 2.36. The van der Waals surface area contributed by atoms with Gasteiger partial charge in [0.2, 0.25) is 5.91 Å². The van der Waals surface area contributed by atoms with Gasteiger partial charge in [-0.1, -0.05) is 15.9 Å². The average Bonchev–Trinajstić information content (AvgIpc) is 2.69. The third-order valence-corrected chi connectivity index (χ3v) is 3.99. The van der Waals surface area contributed by atoms with Gasteiger partial charge in [-0.3, -0.25) is 4.79 Å². The summed E-state index contributed by atoms with van der Waals surface area (Å²) in [6.07, 6.45) is -4.12. The van der Waals surface area contributed by atoms with Crippen molar-refractivity contribution in [1.29, 1.82) is 0 Å². The minimum atomic E-state index is -4.44. The molecular formula is C12H12BrF3N2O. The smallest absolute Gasteiger partial charge is 0.397 e. The van der Waals surface area contributed by atoms with E-state index in [9.17, 15) is 18.0 Å². The summed E-state index contributed by atoms with van der Waals surface area (Å²) in [5.41, 5.74) is 5.21. The molecule has 0 bridgehead atoms. The number of halogens is 4. The zero-order valence-electron chi connectivity index (χ0n) is 9.88. The second-order valence-electron chi connectivity index (χ2n) is 4.50. The molecule has 19 heavy (non-hydrogen) atoms. The Bertz CT molecular complexity index is 504. The van der Waals surface area contributed by atoms with Gasteiger partial charge in [-0.2, -0.15) is 13.2 Å². The van der Waals surface area contributed by atoms with Gasteiger partial charge in [0.15, 0.2) is 0 Å². The first kappa shape index (κ1) is 14.2. The first-order valence-corrected chi connectivity index (χ1v) is 6.78. The number of anilines is 2. The second-order valence-corrected chi connectivity index (χ2v) is 5.15. The number of nitrogens with zero attached hydrogens (tertiary/aromatic N) is 1. The summed E-state index contributed by atoms with van der Waals surface area (Å²) in [6, 6.07) is 3.04. The van der Waals surface area contributed by atoms with Gasteiger partial charge in [-0.25, -0.2) is 0 Å². The van der Waals surface area contributed by atoms with Crippen LogP contribution < -0.4 is 10.6 Å². The fourth-order valence-corrected chi connectivity index (χ4v) is 2.51. The number of carbonyl (C=O) groups excluding carboxylic acids is 1. The van der Waals surface area contributed by atoms with Crippen molar-refractivity contribution in [2.45, 2.75) is 12.6 Å². The average molecular weight is 337 g/mol. The van der Waals surface area contributed by atoms with Crippen molar-refractivity contribution >= 4 is 33.2 Å². The number of hydrogen-bond acceptors (Lipinski definition) is 2. The number of benzene rings is 1. The van der Waals surface area contributed by atoms with Crippen LogP contribution >= 0.6 is 15.9 Å². The molecule has 2 rings (SSSR count). The number of carbonyl (C=O) groups is 1. The number of amides is 1. The highest BCUT2D eigenvalue weighted by Gasteiger charge is 2.34. The van der Waals surface area contributed by atoms with Gasteiger partial charge in [0.05, 0.1) is 16.9 Å². The summed E-state index contributed by atoms with van der Waals surface area (Å²) in [5.74, 6) is -0.100. The van der Waals surface area contributed by atoms with Crippen molar-refractivity contribution in [2.24, 2.45) is 5.92 Å². The van der Waals surface area contributed by atoms with E-state index in [0.717, 1.165) is 12.1 Å². The Kier molecular flexibility index (Phi) is 3.75. The van der Waals surface area contributed by atoms with Gasteiger partial charge in [0.25, 0.3) is 0 Å². The van der Waals surface area contributed by atoms with Crippen LogP contribution in [0.1, 0.15) is 12.0 Å². The molecule has 0 saturated carbocycles. The molecule has 1 aliphatic heterocycles. The quantitative estimate of drug-likeness (QED) is 0.666. The van der Waals surface area contributed by atoms with E-state index in [2.05, 4.69) is 15.9 Å². The highest BCUT2D eigenvalue weighted by atomic mass is 79.9. The molecule has 1 heterocycles. The van der Waals surface area contributed by atoms with Gasteiger partial charge in [0.1, 0.15) is 0 Å². The molecule has 1 fully saturated rings. The zero-order chi connectivity index (χ0) is 14.2. The molecule has 104 valence electrons. The Hall–Kier alpha value is -1.24. The van der Waals surface area contributed by atoms with Gasteiger partial charge < -0.3 is 10.6 Å². The van der Waals surface area contributed by atoms with Crippen molar-refractivity contribution in [3.63, 3.8) is 0 Å². The lowest BCUT2D eigenvalue weighted by Gasteiger charge is -2.20. The first-order chi connectivity index (χ1) is 8.82. The highest BCUT2D eigenvalue weighted by molar-refractivity contribution is 9.09. The van der Waals surface area contributed by atoms with E-state index >= 15 is 0 Å². The molecule has 1 aromatic rings. The van der Waals surface area contributed by atoms with E-state index in [4.69, 9.17) is 5.73 Å². The fourth-order valence-electron chi connectivity index (χ4n) is 2.07. The predicted molar refractivity (Wildman–Crippen MR) is 70.1 cm³/mol. The minimum absolute atomic E-state index is 0.0986. The molecule has 1 aromatic carbocycles. The fraction of sp³-hybridized carbons (Fsp3) is 0.417. The summed E-state index contributed by atoms with van der Waals surface area (Å²) in [6.45, 7) is 0.385.